The van der Waals surface area contributed by atoms with E-state index in [1.54, 1.807) is 0 Å². The van der Waals surface area contributed by atoms with Crippen molar-refractivity contribution in [3.8, 4) is 0 Å². The van der Waals surface area contributed by atoms with Crippen LogP contribution in [0.5, 0.6) is 0 Å². The average Bonchev–Trinajstić information content (AvgIpc) is 2.80. The molecular weight excluding hydrogens is 216 g/mol. The molecule has 1 aromatic rings. The molecule has 2 heterocycles. The van der Waals surface area contributed by atoms with E-state index in [1.807, 2.05) is 6.92 Å². The van der Waals surface area contributed by atoms with Gasteiger partial charge in [0, 0.05) is 17.9 Å². The number of hydrazine groups is 1. The highest BCUT2D eigenvalue weighted by atomic mass is 16.5. The predicted octanol–water partition coefficient (Wildman–Crippen LogP) is 2.05. The smallest absolute Gasteiger partial charge is 0.159 e. The van der Waals surface area contributed by atoms with Gasteiger partial charge in [0.1, 0.15) is 11.9 Å². The molecule has 0 amide bonds. The Bertz CT molecular complexity index is 400. The number of rotatable bonds is 3. The molecule has 1 atom stereocenters. The summed E-state index contributed by atoms with van der Waals surface area (Å²) in [4.78, 5) is 9.04. The Hall–Kier alpha value is -1.20. The Labute approximate surface area is 102 Å². The molecule has 0 aliphatic carbocycles. The largest absolute Gasteiger partial charge is 0.370 e. The van der Waals surface area contributed by atoms with Crippen LogP contribution in [-0.4, -0.2) is 16.6 Å². The lowest BCUT2D eigenvalue weighted by Gasteiger charge is -2.17. The van der Waals surface area contributed by atoms with Gasteiger partial charge in [-0.05, 0) is 25.7 Å². The first-order chi connectivity index (χ1) is 8.13. The summed E-state index contributed by atoms with van der Waals surface area (Å²) in [5, 5.41) is 0. The Morgan fingerprint density at radius 1 is 1.41 bits per heavy atom. The number of hydrogen-bond acceptors (Lipinski definition) is 5. The van der Waals surface area contributed by atoms with Crippen LogP contribution in [0, 0.1) is 6.92 Å². The number of nitrogens with zero attached hydrogens (tertiary/aromatic N) is 2. The van der Waals surface area contributed by atoms with Crippen molar-refractivity contribution in [2.45, 2.75) is 45.6 Å². The summed E-state index contributed by atoms with van der Waals surface area (Å²) in [5.74, 6) is 7.36. The molecule has 1 unspecified atom stereocenters. The van der Waals surface area contributed by atoms with Crippen LogP contribution in [0.1, 0.15) is 55.8 Å². The van der Waals surface area contributed by atoms with Crippen LogP contribution in [0.15, 0.2) is 0 Å². The average molecular weight is 236 g/mol. The fourth-order valence-corrected chi connectivity index (χ4v) is 2.33. The molecule has 5 nitrogen and oxygen atoms in total. The zero-order valence-corrected chi connectivity index (χ0v) is 10.7. The van der Waals surface area contributed by atoms with Gasteiger partial charge in [-0.2, -0.15) is 0 Å². The van der Waals surface area contributed by atoms with Gasteiger partial charge in [0.2, 0.25) is 0 Å². The Balaban J connectivity index is 2.40. The highest BCUT2D eigenvalue weighted by Crippen LogP contribution is 2.30. The predicted molar refractivity (Wildman–Crippen MR) is 66.6 cm³/mol. The van der Waals surface area contributed by atoms with E-state index in [9.17, 15) is 0 Å². The maximum absolute atomic E-state index is 5.60. The fourth-order valence-electron chi connectivity index (χ4n) is 2.33. The summed E-state index contributed by atoms with van der Waals surface area (Å²) >= 11 is 0. The number of anilines is 1. The second-order valence-electron chi connectivity index (χ2n) is 4.73. The Morgan fingerprint density at radius 2 is 2.18 bits per heavy atom. The highest BCUT2D eigenvalue weighted by molar-refractivity contribution is 5.47. The van der Waals surface area contributed by atoms with Crippen molar-refractivity contribution in [1.82, 2.24) is 9.97 Å². The van der Waals surface area contributed by atoms with Crippen LogP contribution < -0.4 is 11.3 Å². The maximum Gasteiger partial charge on any atom is 0.159 e. The van der Waals surface area contributed by atoms with E-state index < -0.39 is 0 Å². The summed E-state index contributed by atoms with van der Waals surface area (Å²) < 4.78 is 5.60. The molecule has 1 aromatic heterocycles. The molecule has 5 heteroatoms. The lowest BCUT2D eigenvalue weighted by Crippen LogP contribution is -2.17. The fraction of sp³-hybridized carbons (Fsp3) is 0.667. The van der Waals surface area contributed by atoms with Gasteiger partial charge in [0.25, 0.3) is 0 Å². The zero-order chi connectivity index (χ0) is 12.4. The normalized spacial score (nSPS) is 19.9. The van der Waals surface area contributed by atoms with E-state index in [1.165, 1.54) is 0 Å². The van der Waals surface area contributed by atoms with Gasteiger partial charge >= 0.3 is 0 Å². The molecular formula is C12H20N4O. The second-order valence-corrected chi connectivity index (χ2v) is 4.73. The molecule has 0 aromatic carbocycles. The third-order valence-electron chi connectivity index (χ3n) is 3.09. The first-order valence-electron chi connectivity index (χ1n) is 6.10. The van der Waals surface area contributed by atoms with Crippen LogP contribution in [-0.2, 0) is 4.74 Å². The minimum atomic E-state index is 0.0296. The lowest BCUT2D eigenvalue weighted by molar-refractivity contribution is 0.105. The number of nitrogens with one attached hydrogen (secondary N) is 1. The van der Waals surface area contributed by atoms with Crippen LogP contribution in [0.2, 0.25) is 0 Å². The van der Waals surface area contributed by atoms with Crippen molar-refractivity contribution in [2.75, 3.05) is 12.0 Å². The van der Waals surface area contributed by atoms with E-state index in [2.05, 4.69) is 29.2 Å². The summed E-state index contributed by atoms with van der Waals surface area (Å²) in [6.45, 7) is 7.01. The molecule has 17 heavy (non-hydrogen) atoms. The molecule has 94 valence electrons. The summed E-state index contributed by atoms with van der Waals surface area (Å²) in [5.41, 5.74) is 4.73. The van der Waals surface area contributed by atoms with Crippen LogP contribution in [0.4, 0.5) is 5.82 Å². The van der Waals surface area contributed by atoms with Crippen molar-refractivity contribution < 1.29 is 4.74 Å². The minimum absolute atomic E-state index is 0.0296. The molecule has 0 bridgehead atoms. The van der Waals surface area contributed by atoms with Crippen molar-refractivity contribution in [1.29, 1.82) is 0 Å². The van der Waals surface area contributed by atoms with E-state index in [0.717, 1.165) is 42.3 Å². The number of hydrogen-bond donors (Lipinski definition) is 2. The first-order valence-corrected chi connectivity index (χ1v) is 6.10. The molecule has 2 rings (SSSR count). The number of aryl methyl sites for hydroxylation is 1. The van der Waals surface area contributed by atoms with Gasteiger partial charge in [-0.1, -0.05) is 13.8 Å². The first kappa shape index (κ1) is 12.3. The number of aromatic nitrogens is 2. The van der Waals surface area contributed by atoms with Crippen molar-refractivity contribution in [3.05, 3.63) is 17.1 Å². The number of nitrogen functional groups attached to an aromatic ring is 1. The van der Waals surface area contributed by atoms with Crippen LogP contribution in [0.25, 0.3) is 0 Å². The molecule has 1 fully saturated rings. The van der Waals surface area contributed by atoms with Crippen molar-refractivity contribution in [2.24, 2.45) is 5.84 Å². The van der Waals surface area contributed by atoms with Gasteiger partial charge < -0.3 is 10.2 Å². The van der Waals surface area contributed by atoms with E-state index in [4.69, 9.17) is 10.6 Å². The SMILES string of the molecule is Cc1nc(C2CCCO2)nc(NN)c1C(C)C. The summed E-state index contributed by atoms with van der Waals surface area (Å²) in [7, 11) is 0. The monoisotopic (exact) mass is 236 g/mol. The van der Waals surface area contributed by atoms with E-state index in [0.29, 0.717) is 5.92 Å². The number of ether oxygens (including phenoxy) is 1. The molecule has 1 aliphatic rings. The van der Waals surface area contributed by atoms with Gasteiger partial charge in [-0.25, -0.2) is 15.8 Å². The molecule has 1 saturated heterocycles. The van der Waals surface area contributed by atoms with Crippen LogP contribution in [0.3, 0.4) is 0 Å². The molecule has 0 spiro atoms. The Morgan fingerprint density at radius 3 is 2.71 bits per heavy atom. The third kappa shape index (κ3) is 2.40. The Kier molecular flexibility index (Phi) is 3.59. The number of nitrogens with two attached hydrogens (primary N) is 1. The summed E-state index contributed by atoms with van der Waals surface area (Å²) in [6, 6.07) is 0. The molecule has 1 aliphatic heterocycles. The van der Waals surface area contributed by atoms with Gasteiger partial charge in [0.15, 0.2) is 5.82 Å². The van der Waals surface area contributed by atoms with Crippen molar-refractivity contribution in [3.63, 3.8) is 0 Å². The molecule has 3 N–H and O–H groups in total. The zero-order valence-electron chi connectivity index (χ0n) is 10.7. The standard InChI is InChI=1S/C12H20N4O/c1-7(2)10-8(3)14-11(15-12(10)16-13)9-5-4-6-17-9/h7,9H,4-6,13H2,1-3H3,(H,14,15,16). The van der Waals surface area contributed by atoms with Gasteiger partial charge in [-0.15, -0.1) is 0 Å². The van der Waals surface area contributed by atoms with Crippen LogP contribution >= 0.6 is 0 Å². The minimum Gasteiger partial charge on any atom is -0.370 e. The maximum atomic E-state index is 5.60. The van der Waals surface area contributed by atoms with Gasteiger partial charge in [-0.3, -0.25) is 0 Å². The van der Waals surface area contributed by atoms with Crippen molar-refractivity contribution >= 4 is 5.82 Å². The highest BCUT2D eigenvalue weighted by Gasteiger charge is 2.23. The quantitative estimate of drug-likeness (QED) is 0.620. The summed E-state index contributed by atoms with van der Waals surface area (Å²) in [6.07, 6.45) is 2.09. The van der Waals surface area contributed by atoms with E-state index in [-0.39, 0.29) is 6.10 Å². The third-order valence-corrected chi connectivity index (χ3v) is 3.09. The lowest BCUT2D eigenvalue weighted by atomic mass is 10.0. The van der Waals surface area contributed by atoms with E-state index >= 15 is 0 Å². The van der Waals surface area contributed by atoms with Gasteiger partial charge in [0.05, 0.1) is 0 Å². The second kappa shape index (κ2) is 4.98. The molecule has 0 radical (unpaired) electrons. The molecule has 0 saturated carbocycles. The topological polar surface area (TPSA) is 73.1 Å².